The molecule has 118 valence electrons. The average molecular weight is 308 g/mol. The van der Waals surface area contributed by atoms with Gasteiger partial charge in [0.2, 0.25) is 0 Å². The minimum absolute atomic E-state index is 0.500. The third-order valence-corrected chi connectivity index (χ3v) is 5.19. The molecular formula is C19H30ClN. The molecule has 1 aliphatic carbocycles. The average Bonchev–Trinajstić information content (AvgIpc) is 2.38. The van der Waals surface area contributed by atoms with Crippen molar-refractivity contribution in [1.29, 1.82) is 0 Å². The van der Waals surface area contributed by atoms with Crippen LogP contribution in [-0.4, -0.2) is 12.1 Å². The van der Waals surface area contributed by atoms with Crippen molar-refractivity contribution in [3.63, 3.8) is 0 Å². The van der Waals surface area contributed by atoms with E-state index in [1.165, 1.54) is 24.8 Å². The molecule has 1 nitrogen and oxygen atoms in total. The Morgan fingerprint density at radius 1 is 1.24 bits per heavy atom. The van der Waals surface area contributed by atoms with E-state index in [1.54, 1.807) is 0 Å². The molecule has 0 spiro atoms. The highest BCUT2D eigenvalue weighted by molar-refractivity contribution is 6.30. The molecule has 2 heteroatoms. The highest BCUT2D eigenvalue weighted by Gasteiger charge is 2.31. The van der Waals surface area contributed by atoms with Crippen LogP contribution in [0.2, 0.25) is 5.02 Å². The number of halogens is 1. The van der Waals surface area contributed by atoms with Crippen LogP contribution < -0.4 is 5.32 Å². The van der Waals surface area contributed by atoms with E-state index < -0.39 is 0 Å². The molecule has 1 saturated carbocycles. The maximum Gasteiger partial charge on any atom is 0.0408 e. The van der Waals surface area contributed by atoms with Gasteiger partial charge in [-0.05, 0) is 61.6 Å². The van der Waals surface area contributed by atoms with Crippen molar-refractivity contribution < 1.29 is 0 Å². The molecule has 4 unspecified atom stereocenters. The number of hydrogen-bond acceptors (Lipinski definition) is 1. The maximum absolute atomic E-state index is 6.08. The molecule has 1 aliphatic rings. The van der Waals surface area contributed by atoms with Gasteiger partial charge >= 0.3 is 0 Å². The van der Waals surface area contributed by atoms with Crippen molar-refractivity contribution >= 4 is 11.6 Å². The molecule has 0 heterocycles. The molecule has 0 aliphatic heterocycles. The normalized spacial score (nSPS) is 27.8. The molecule has 0 saturated heterocycles. The number of rotatable bonds is 5. The first-order valence-corrected chi connectivity index (χ1v) is 8.84. The summed E-state index contributed by atoms with van der Waals surface area (Å²) in [5.74, 6) is 2.45. The summed E-state index contributed by atoms with van der Waals surface area (Å²) in [7, 11) is 0. The minimum atomic E-state index is 0.500. The summed E-state index contributed by atoms with van der Waals surface area (Å²) in [6, 6.07) is 9.42. The molecule has 0 radical (unpaired) electrons. The lowest BCUT2D eigenvalue weighted by atomic mass is 9.73. The monoisotopic (exact) mass is 307 g/mol. The predicted octanol–water partition coefficient (Wildman–Crippen LogP) is 5.32. The van der Waals surface area contributed by atoms with Crippen molar-refractivity contribution in [2.24, 2.45) is 17.8 Å². The quantitative estimate of drug-likeness (QED) is 0.776. The minimum Gasteiger partial charge on any atom is -0.311 e. The van der Waals surface area contributed by atoms with Crippen LogP contribution in [0.5, 0.6) is 0 Å². The van der Waals surface area contributed by atoms with E-state index >= 15 is 0 Å². The van der Waals surface area contributed by atoms with Gasteiger partial charge in [0, 0.05) is 17.1 Å². The Bertz CT molecular complexity index is 443. The molecule has 0 bridgehead atoms. The highest BCUT2D eigenvalue weighted by Crippen LogP contribution is 2.33. The Morgan fingerprint density at radius 2 is 2.00 bits per heavy atom. The van der Waals surface area contributed by atoms with Gasteiger partial charge in [-0.1, -0.05) is 50.9 Å². The van der Waals surface area contributed by atoms with Gasteiger partial charge in [-0.15, -0.1) is 0 Å². The third-order valence-electron chi connectivity index (χ3n) is 4.95. The van der Waals surface area contributed by atoms with E-state index in [0.717, 1.165) is 29.2 Å². The van der Waals surface area contributed by atoms with Crippen molar-refractivity contribution in [2.75, 3.05) is 0 Å². The van der Waals surface area contributed by atoms with E-state index in [2.05, 4.69) is 45.1 Å². The molecule has 1 fully saturated rings. The Balaban J connectivity index is 1.94. The molecule has 2 rings (SSSR count). The van der Waals surface area contributed by atoms with Gasteiger partial charge in [0.15, 0.2) is 0 Å². The molecule has 0 aromatic heterocycles. The summed E-state index contributed by atoms with van der Waals surface area (Å²) >= 11 is 6.08. The summed E-state index contributed by atoms with van der Waals surface area (Å²) in [6.45, 7) is 9.44. The summed E-state index contributed by atoms with van der Waals surface area (Å²) in [5.41, 5.74) is 1.33. The predicted molar refractivity (Wildman–Crippen MR) is 92.9 cm³/mol. The van der Waals surface area contributed by atoms with Gasteiger partial charge in [-0.3, -0.25) is 0 Å². The maximum atomic E-state index is 6.08. The fourth-order valence-electron chi connectivity index (χ4n) is 3.84. The fourth-order valence-corrected chi connectivity index (χ4v) is 4.05. The zero-order chi connectivity index (χ0) is 15.4. The van der Waals surface area contributed by atoms with Gasteiger partial charge < -0.3 is 5.32 Å². The Labute approximate surface area is 135 Å². The summed E-state index contributed by atoms with van der Waals surface area (Å²) in [5, 5.41) is 4.74. The Morgan fingerprint density at radius 3 is 2.67 bits per heavy atom. The van der Waals surface area contributed by atoms with Crippen LogP contribution in [-0.2, 0) is 6.42 Å². The van der Waals surface area contributed by atoms with E-state index in [0.29, 0.717) is 12.1 Å². The Hall–Kier alpha value is -0.530. The van der Waals surface area contributed by atoms with E-state index in [1.807, 2.05) is 12.1 Å². The standard InChI is InChI=1S/C19H30ClN/c1-13(2)18-9-8-14(3)10-19(18)21-15(4)11-16-6-5-7-17(20)12-16/h5-7,12-15,18-19,21H,8-11H2,1-4H3. The zero-order valence-corrected chi connectivity index (χ0v) is 14.7. The lowest BCUT2D eigenvalue weighted by Crippen LogP contribution is -2.47. The number of hydrogen-bond donors (Lipinski definition) is 1. The second kappa shape index (κ2) is 7.65. The molecule has 4 atom stereocenters. The number of benzene rings is 1. The van der Waals surface area contributed by atoms with Gasteiger partial charge in [0.25, 0.3) is 0 Å². The number of nitrogens with one attached hydrogen (secondary N) is 1. The van der Waals surface area contributed by atoms with Crippen molar-refractivity contribution in [2.45, 2.75) is 65.5 Å². The topological polar surface area (TPSA) is 12.0 Å². The fraction of sp³-hybridized carbons (Fsp3) is 0.684. The van der Waals surface area contributed by atoms with Crippen molar-refractivity contribution in [3.8, 4) is 0 Å². The van der Waals surface area contributed by atoms with Gasteiger partial charge in [-0.25, -0.2) is 0 Å². The molecule has 1 aromatic rings. The van der Waals surface area contributed by atoms with Crippen LogP contribution in [0.3, 0.4) is 0 Å². The largest absolute Gasteiger partial charge is 0.311 e. The lowest BCUT2D eigenvalue weighted by molar-refractivity contribution is 0.161. The second-order valence-electron chi connectivity index (χ2n) is 7.33. The van der Waals surface area contributed by atoms with E-state index in [4.69, 9.17) is 11.6 Å². The molecule has 1 N–H and O–H groups in total. The second-order valence-corrected chi connectivity index (χ2v) is 7.77. The summed E-state index contributed by atoms with van der Waals surface area (Å²) < 4.78 is 0. The van der Waals surface area contributed by atoms with Gasteiger partial charge in [-0.2, -0.15) is 0 Å². The van der Waals surface area contributed by atoms with Crippen LogP contribution in [0, 0.1) is 17.8 Å². The van der Waals surface area contributed by atoms with Crippen molar-refractivity contribution in [3.05, 3.63) is 34.9 Å². The van der Waals surface area contributed by atoms with E-state index in [-0.39, 0.29) is 0 Å². The third kappa shape index (κ3) is 5.00. The molecule has 1 aromatic carbocycles. The van der Waals surface area contributed by atoms with Gasteiger partial charge in [0.1, 0.15) is 0 Å². The van der Waals surface area contributed by atoms with Gasteiger partial charge in [0.05, 0.1) is 0 Å². The van der Waals surface area contributed by atoms with Crippen molar-refractivity contribution in [1.82, 2.24) is 5.32 Å². The lowest BCUT2D eigenvalue weighted by Gasteiger charge is -2.39. The van der Waals surface area contributed by atoms with E-state index in [9.17, 15) is 0 Å². The first-order valence-electron chi connectivity index (χ1n) is 8.46. The molecule has 0 amide bonds. The zero-order valence-electron chi connectivity index (χ0n) is 13.9. The van der Waals surface area contributed by atoms with Crippen LogP contribution >= 0.6 is 11.6 Å². The van der Waals surface area contributed by atoms with Crippen LogP contribution in [0.25, 0.3) is 0 Å². The smallest absolute Gasteiger partial charge is 0.0408 e. The summed E-state index contributed by atoms with van der Waals surface area (Å²) in [6.07, 6.45) is 5.14. The SMILES string of the molecule is CC1CCC(C(C)C)C(NC(C)Cc2cccc(Cl)c2)C1. The van der Waals surface area contributed by atoms with Crippen LogP contribution in [0.1, 0.15) is 52.5 Å². The molecular weight excluding hydrogens is 278 g/mol. The van der Waals surface area contributed by atoms with Crippen LogP contribution in [0.4, 0.5) is 0 Å². The first kappa shape index (κ1) is 16.8. The highest BCUT2D eigenvalue weighted by atomic mass is 35.5. The Kier molecular flexibility index (Phi) is 6.13. The first-order chi connectivity index (χ1) is 9.95. The molecule has 21 heavy (non-hydrogen) atoms. The van der Waals surface area contributed by atoms with Crippen LogP contribution in [0.15, 0.2) is 24.3 Å². The summed E-state index contributed by atoms with van der Waals surface area (Å²) in [4.78, 5) is 0.